The van der Waals surface area contributed by atoms with Gasteiger partial charge in [0.05, 0.1) is 11.8 Å². The summed E-state index contributed by atoms with van der Waals surface area (Å²) in [6.07, 6.45) is 12.2. The predicted molar refractivity (Wildman–Crippen MR) is 110 cm³/mol. The van der Waals surface area contributed by atoms with E-state index in [0.29, 0.717) is 6.04 Å². The Kier molecular flexibility index (Phi) is 4.41. The van der Waals surface area contributed by atoms with Gasteiger partial charge in [-0.15, -0.1) is 0 Å². The summed E-state index contributed by atoms with van der Waals surface area (Å²) in [4.78, 5) is 11.9. The lowest BCUT2D eigenvalue weighted by Crippen LogP contribution is -2.36. The lowest BCUT2D eigenvalue weighted by molar-refractivity contribution is 0.186. The molecule has 0 N–H and O–H groups in total. The van der Waals surface area contributed by atoms with E-state index in [1.54, 1.807) is 0 Å². The zero-order valence-corrected chi connectivity index (χ0v) is 16.1. The fraction of sp³-hybridized carbons (Fsp3) is 0.318. The molecular weight excluding hydrogens is 348 g/mol. The SMILES string of the molecule is CCN1CCCC(n2ccnc2-c2cnc3c(-c4ccccc4)cnn3c2)C1. The molecule has 1 unspecified atom stereocenters. The number of imidazole rings is 1. The first-order chi connectivity index (χ1) is 13.8. The van der Waals surface area contributed by atoms with Crippen LogP contribution in [0.5, 0.6) is 0 Å². The third-order valence-corrected chi connectivity index (χ3v) is 5.69. The van der Waals surface area contributed by atoms with Crippen molar-refractivity contribution in [3.8, 4) is 22.5 Å². The number of likely N-dealkylation sites (tertiary alicyclic amines) is 1. The Hall–Kier alpha value is -2.99. The molecule has 1 aromatic carbocycles. The van der Waals surface area contributed by atoms with Crippen molar-refractivity contribution < 1.29 is 0 Å². The van der Waals surface area contributed by atoms with Gasteiger partial charge in [0.2, 0.25) is 0 Å². The van der Waals surface area contributed by atoms with E-state index < -0.39 is 0 Å². The third kappa shape index (κ3) is 2.99. The highest BCUT2D eigenvalue weighted by Crippen LogP contribution is 2.28. The molecular formula is C22H24N6. The first-order valence-electron chi connectivity index (χ1n) is 9.98. The predicted octanol–water partition coefficient (Wildman–Crippen LogP) is 3.92. The molecule has 0 amide bonds. The summed E-state index contributed by atoms with van der Waals surface area (Å²) >= 11 is 0. The molecule has 0 bridgehead atoms. The third-order valence-electron chi connectivity index (χ3n) is 5.69. The Bertz CT molecular complexity index is 1080. The van der Waals surface area contributed by atoms with Crippen molar-refractivity contribution in [2.24, 2.45) is 0 Å². The fourth-order valence-corrected chi connectivity index (χ4v) is 4.19. The molecule has 5 rings (SSSR count). The summed E-state index contributed by atoms with van der Waals surface area (Å²) in [6.45, 7) is 5.61. The van der Waals surface area contributed by atoms with Crippen LogP contribution in [0.25, 0.3) is 28.2 Å². The molecule has 1 saturated heterocycles. The largest absolute Gasteiger partial charge is 0.327 e. The summed E-state index contributed by atoms with van der Waals surface area (Å²) in [5.74, 6) is 0.967. The van der Waals surface area contributed by atoms with Gasteiger partial charge in [0.25, 0.3) is 0 Å². The van der Waals surface area contributed by atoms with Crippen LogP contribution in [0.4, 0.5) is 0 Å². The number of piperidine rings is 1. The van der Waals surface area contributed by atoms with Gasteiger partial charge < -0.3 is 9.47 Å². The average Bonchev–Trinajstić information content (AvgIpc) is 3.41. The number of nitrogens with zero attached hydrogens (tertiary/aromatic N) is 6. The monoisotopic (exact) mass is 372 g/mol. The van der Waals surface area contributed by atoms with Crippen LogP contribution >= 0.6 is 0 Å². The standard InChI is InChI=1S/C22H24N6/c1-2-26-11-6-9-19(16-26)27-12-10-23-21(27)18-13-24-22-20(14-25-28(22)15-18)17-7-4-3-5-8-17/h3-5,7-8,10,12-15,19H,2,6,9,11,16H2,1H3. The van der Waals surface area contributed by atoms with Crippen molar-refractivity contribution in [2.75, 3.05) is 19.6 Å². The van der Waals surface area contributed by atoms with Crippen molar-refractivity contribution in [3.63, 3.8) is 0 Å². The molecule has 1 aliphatic heterocycles. The molecule has 6 nitrogen and oxygen atoms in total. The zero-order valence-electron chi connectivity index (χ0n) is 16.1. The van der Waals surface area contributed by atoms with Crippen LogP contribution < -0.4 is 0 Å². The van der Waals surface area contributed by atoms with Crippen LogP contribution in [0.1, 0.15) is 25.8 Å². The molecule has 142 valence electrons. The fourth-order valence-electron chi connectivity index (χ4n) is 4.19. The highest BCUT2D eigenvalue weighted by atomic mass is 15.2. The maximum Gasteiger partial charge on any atom is 0.162 e. The van der Waals surface area contributed by atoms with Crippen LogP contribution in [-0.4, -0.2) is 48.7 Å². The Balaban J connectivity index is 1.50. The Morgan fingerprint density at radius 2 is 1.96 bits per heavy atom. The van der Waals surface area contributed by atoms with Crippen molar-refractivity contribution in [1.82, 2.24) is 29.0 Å². The number of aromatic nitrogens is 5. The molecule has 0 spiro atoms. The molecule has 0 aliphatic carbocycles. The molecule has 3 aromatic heterocycles. The van der Waals surface area contributed by atoms with E-state index in [1.165, 1.54) is 19.4 Å². The first-order valence-corrected chi connectivity index (χ1v) is 9.98. The number of hydrogen-bond acceptors (Lipinski definition) is 4. The normalized spacial score (nSPS) is 18.0. The Morgan fingerprint density at radius 3 is 2.82 bits per heavy atom. The molecule has 4 heterocycles. The molecule has 4 aromatic rings. The van der Waals surface area contributed by atoms with Crippen molar-refractivity contribution >= 4 is 5.65 Å². The van der Waals surface area contributed by atoms with E-state index in [9.17, 15) is 0 Å². The van der Waals surface area contributed by atoms with E-state index in [0.717, 1.165) is 41.3 Å². The van der Waals surface area contributed by atoms with Gasteiger partial charge in [-0.25, -0.2) is 14.5 Å². The first kappa shape index (κ1) is 17.1. The number of benzene rings is 1. The van der Waals surface area contributed by atoms with E-state index in [4.69, 9.17) is 4.98 Å². The van der Waals surface area contributed by atoms with Crippen molar-refractivity contribution in [1.29, 1.82) is 0 Å². The van der Waals surface area contributed by atoms with Gasteiger partial charge in [0, 0.05) is 42.9 Å². The van der Waals surface area contributed by atoms with E-state index in [2.05, 4.69) is 44.8 Å². The zero-order chi connectivity index (χ0) is 18.9. The Labute approximate surface area is 164 Å². The van der Waals surface area contributed by atoms with Gasteiger partial charge in [-0.05, 0) is 31.5 Å². The molecule has 0 saturated carbocycles. The lowest BCUT2D eigenvalue weighted by Gasteiger charge is -2.33. The lowest BCUT2D eigenvalue weighted by atomic mass is 10.1. The summed E-state index contributed by atoms with van der Waals surface area (Å²) < 4.78 is 4.17. The molecule has 1 aliphatic rings. The summed E-state index contributed by atoms with van der Waals surface area (Å²) in [6, 6.07) is 10.7. The minimum atomic E-state index is 0.458. The van der Waals surface area contributed by atoms with Gasteiger partial charge in [-0.2, -0.15) is 5.10 Å². The second kappa shape index (κ2) is 7.20. The molecule has 28 heavy (non-hydrogen) atoms. The quantitative estimate of drug-likeness (QED) is 0.545. The van der Waals surface area contributed by atoms with E-state index in [1.807, 2.05) is 47.5 Å². The number of likely N-dealkylation sites (N-methyl/N-ethyl adjacent to an activating group) is 1. The molecule has 6 heteroatoms. The van der Waals surface area contributed by atoms with Gasteiger partial charge in [0.1, 0.15) is 5.82 Å². The van der Waals surface area contributed by atoms with Crippen LogP contribution in [-0.2, 0) is 0 Å². The smallest absolute Gasteiger partial charge is 0.162 e. The second-order valence-electron chi connectivity index (χ2n) is 7.38. The molecule has 1 fully saturated rings. The van der Waals surface area contributed by atoms with Gasteiger partial charge in [-0.3, -0.25) is 0 Å². The number of hydrogen-bond donors (Lipinski definition) is 0. The molecule has 0 radical (unpaired) electrons. The summed E-state index contributed by atoms with van der Waals surface area (Å²) in [5.41, 5.74) is 4.03. The van der Waals surface area contributed by atoms with Crippen LogP contribution in [0.3, 0.4) is 0 Å². The van der Waals surface area contributed by atoms with Gasteiger partial charge in [-0.1, -0.05) is 37.3 Å². The second-order valence-corrected chi connectivity index (χ2v) is 7.38. The summed E-state index contributed by atoms with van der Waals surface area (Å²) in [7, 11) is 0. The van der Waals surface area contributed by atoms with Crippen LogP contribution in [0.2, 0.25) is 0 Å². The van der Waals surface area contributed by atoms with Crippen molar-refractivity contribution in [3.05, 3.63) is 61.3 Å². The number of rotatable bonds is 4. The maximum atomic E-state index is 4.73. The van der Waals surface area contributed by atoms with Gasteiger partial charge >= 0.3 is 0 Å². The minimum absolute atomic E-state index is 0.458. The Morgan fingerprint density at radius 1 is 1.07 bits per heavy atom. The average molecular weight is 372 g/mol. The maximum absolute atomic E-state index is 4.73. The van der Waals surface area contributed by atoms with Crippen LogP contribution in [0, 0.1) is 0 Å². The topological polar surface area (TPSA) is 51.2 Å². The van der Waals surface area contributed by atoms with Crippen LogP contribution in [0.15, 0.2) is 61.3 Å². The minimum Gasteiger partial charge on any atom is -0.327 e. The van der Waals surface area contributed by atoms with E-state index >= 15 is 0 Å². The molecule has 1 atom stereocenters. The highest BCUT2D eigenvalue weighted by molar-refractivity contribution is 5.77. The van der Waals surface area contributed by atoms with Crippen molar-refractivity contribution in [2.45, 2.75) is 25.8 Å². The van der Waals surface area contributed by atoms with Gasteiger partial charge in [0.15, 0.2) is 5.65 Å². The highest BCUT2D eigenvalue weighted by Gasteiger charge is 2.23. The number of fused-ring (bicyclic) bond motifs is 1. The van der Waals surface area contributed by atoms with E-state index in [-0.39, 0.29) is 0 Å². The summed E-state index contributed by atoms with van der Waals surface area (Å²) in [5, 5.41) is 4.54.